The Morgan fingerprint density at radius 3 is 2.73 bits per heavy atom. The Balaban J connectivity index is 1.91. The van der Waals surface area contributed by atoms with Crippen molar-refractivity contribution in [3.05, 3.63) is 54.1 Å². The van der Waals surface area contributed by atoms with Crippen molar-refractivity contribution in [1.29, 1.82) is 0 Å². The molecule has 0 unspecified atom stereocenters. The van der Waals surface area contributed by atoms with Crippen molar-refractivity contribution in [3.63, 3.8) is 0 Å². The third kappa shape index (κ3) is 3.74. The number of nitrogens with zero attached hydrogens (tertiary/aromatic N) is 7. The van der Waals surface area contributed by atoms with E-state index in [1.807, 2.05) is 0 Å². The van der Waals surface area contributed by atoms with Gasteiger partial charge in [0.25, 0.3) is 0 Å². The minimum Gasteiger partial charge on any atom is -0.465 e. The normalized spacial score (nSPS) is 11.3. The number of amides is 1. The number of hydrogen-bond donors (Lipinski definition) is 1. The molecule has 3 aromatic rings. The largest absolute Gasteiger partial charge is 0.465 e. The molecule has 1 N–H and O–H groups in total. The van der Waals surface area contributed by atoms with Crippen LogP contribution in [0.15, 0.2) is 42.9 Å². The Kier molecular flexibility index (Phi) is 4.47. The fourth-order valence-corrected chi connectivity index (χ4v) is 2.10. The van der Waals surface area contributed by atoms with Gasteiger partial charge in [-0.05, 0) is 34.7 Å². The highest BCUT2D eigenvalue weighted by Gasteiger charge is 2.31. The molecule has 0 radical (unpaired) electrons. The van der Waals surface area contributed by atoms with Crippen molar-refractivity contribution in [3.8, 4) is 5.82 Å². The maximum Gasteiger partial charge on any atom is 0.416 e. The van der Waals surface area contributed by atoms with Crippen molar-refractivity contribution in [2.45, 2.75) is 12.7 Å². The van der Waals surface area contributed by atoms with E-state index in [1.165, 1.54) is 17.1 Å². The number of tetrazole rings is 1. The molecule has 3 heterocycles. The van der Waals surface area contributed by atoms with Gasteiger partial charge >= 0.3 is 12.3 Å². The third-order valence-electron chi connectivity index (χ3n) is 3.28. The Morgan fingerprint density at radius 1 is 1.27 bits per heavy atom. The second-order valence-electron chi connectivity index (χ2n) is 5.01. The molecule has 0 saturated carbocycles. The molecular weight excluding hydrogens is 355 g/mol. The fourth-order valence-electron chi connectivity index (χ4n) is 2.10. The van der Waals surface area contributed by atoms with E-state index in [1.54, 1.807) is 12.1 Å². The average molecular weight is 365 g/mol. The number of carbonyl (C=O) groups is 1. The van der Waals surface area contributed by atoms with Gasteiger partial charge in [0, 0.05) is 6.20 Å². The first-order valence-electron chi connectivity index (χ1n) is 7.07. The SMILES string of the molecule is O=C(O)N(Cc1cccc(-n2cnnn2)n1)c1cc(C(F)(F)F)ccn1. The number of aromatic nitrogens is 6. The van der Waals surface area contributed by atoms with E-state index < -0.39 is 17.8 Å². The van der Waals surface area contributed by atoms with E-state index >= 15 is 0 Å². The van der Waals surface area contributed by atoms with Gasteiger partial charge in [0.1, 0.15) is 12.1 Å². The van der Waals surface area contributed by atoms with Crippen molar-refractivity contribution in [1.82, 2.24) is 30.2 Å². The number of pyridine rings is 2. The summed E-state index contributed by atoms with van der Waals surface area (Å²) in [6.07, 6.45) is -3.87. The van der Waals surface area contributed by atoms with E-state index in [-0.39, 0.29) is 18.1 Å². The molecule has 0 saturated heterocycles. The van der Waals surface area contributed by atoms with Crippen molar-refractivity contribution < 1.29 is 23.1 Å². The van der Waals surface area contributed by atoms with Gasteiger partial charge in [-0.2, -0.15) is 17.9 Å². The standard InChI is InChI=1S/C14H10F3N7O2/c15-14(16,17)9-4-5-18-12(6-9)23(13(25)26)7-10-2-1-3-11(20-10)24-8-19-21-22-24/h1-6,8H,7H2,(H,25,26). The fraction of sp³-hybridized carbons (Fsp3) is 0.143. The van der Waals surface area contributed by atoms with E-state index in [9.17, 15) is 23.1 Å². The van der Waals surface area contributed by atoms with Crippen LogP contribution in [0.4, 0.5) is 23.8 Å². The van der Waals surface area contributed by atoms with Crippen molar-refractivity contribution >= 4 is 11.9 Å². The summed E-state index contributed by atoms with van der Waals surface area (Å²) >= 11 is 0. The minimum absolute atomic E-state index is 0.277. The van der Waals surface area contributed by atoms with E-state index in [0.717, 1.165) is 12.3 Å². The summed E-state index contributed by atoms with van der Waals surface area (Å²) in [5, 5.41) is 20.0. The zero-order valence-electron chi connectivity index (χ0n) is 12.9. The lowest BCUT2D eigenvalue weighted by Gasteiger charge is -2.19. The number of carboxylic acid groups (broad SMARTS) is 1. The third-order valence-corrected chi connectivity index (χ3v) is 3.28. The minimum atomic E-state index is -4.61. The van der Waals surface area contributed by atoms with Gasteiger partial charge in [-0.1, -0.05) is 6.07 Å². The van der Waals surface area contributed by atoms with Gasteiger partial charge < -0.3 is 5.11 Å². The summed E-state index contributed by atoms with van der Waals surface area (Å²) in [5.41, 5.74) is -0.719. The molecule has 0 atom stereocenters. The van der Waals surface area contributed by atoms with Crippen LogP contribution >= 0.6 is 0 Å². The van der Waals surface area contributed by atoms with Crippen LogP contribution < -0.4 is 4.90 Å². The monoisotopic (exact) mass is 365 g/mol. The van der Waals surface area contributed by atoms with Gasteiger partial charge in [-0.25, -0.2) is 14.8 Å². The second-order valence-corrected chi connectivity index (χ2v) is 5.01. The molecule has 0 aliphatic carbocycles. The smallest absolute Gasteiger partial charge is 0.416 e. The predicted octanol–water partition coefficient (Wildman–Crippen LogP) is 2.16. The van der Waals surface area contributed by atoms with Crippen molar-refractivity contribution in [2.75, 3.05) is 4.90 Å². The van der Waals surface area contributed by atoms with Crippen LogP contribution in [0.1, 0.15) is 11.3 Å². The van der Waals surface area contributed by atoms with E-state index in [0.29, 0.717) is 16.8 Å². The summed E-state index contributed by atoms with van der Waals surface area (Å²) < 4.78 is 39.8. The number of alkyl halides is 3. The summed E-state index contributed by atoms with van der Waals surface area (Å²) in [7, 11) is 0. The number of halogens is 3. The lowest BCUT2D eigenvalue weighted by atomic mass is 10.2. The first-order valence-corrected chi connectivity index (χ1v) is 7.07. The molecule has 26 heavy (non-hydrogen) atoms. The Hall–Kier alpha value is -3.57. The van der Waals surface area contributed by atoms with E-state index in [4.69, 9.17) is 0 Å². The molecule has 0 spiro atoms. The van der Waals surface area contributed by atoms with Crippen LogP contribution in [0.2, 0.25) is 0 Å². The highest BCUT2D eigenvalue weighted by Crippen LogP contribution is 2.31. The summed E-state index contributed by atoms with van der Waals surface area (Å²) in [5.74, 6) is -0.0307. The molecule has 0 fully saturated rings. The second kappa shape index (κ2) is 6.74. The van der Waals surface area contributed by atoms with Gasteiger partial charge in [0.05, 0.1) is 17.8 Å². The predicted molar refractivity (Wildman–Crippen MR) is 80.4 cm³/mol. The van der Waals surface area contributed by atoms with Crippen molar-refractivity contribution in [2.24, 2.45) is 0 Å². The quantitative estimate of drug-likeness (QED) is 0.754. The van der Waals surface area contributed by atoms with Gasteiger partial charge in [-0.3, -0.25) is 4.90 Å². The Bertz CT molecular complexity index is 915. The molecule has 0 bridgehead atoms. The first-order chi connectivity index (χ1) is 12.3. The molecule has 1 amide bonds. The molecular formula is C14H10F3N7O2. The number of rotatable bonds is 4. The molecule has 3 aromatic heterocycles. The zero-order chi connectivity index (χ0) is 18.7. The van der Waals surface area contributed by atoms with Crippen LogP contribution in [-0.2, 0) is 12.7 Å². The molecule has 3 rings (SSSR count). The number of hydrogen-bond acceptors (Lipinski definition) is 6. The lowest BCUT2D eigenvalue weighted by molar-refractivity contribution is -0.137. The molecule has 134 valence electrons. The van der Waals surface area contributed by atoms with Crippen LogP contribution in [-0.4, -0.2) is 41.4 Å². The Morgan fingerprint density at radius 2 is 2.08 bits per heavy atom. The molecule has 9 nitrogen and oxygen atoms in total. The summed E-state index contributed by atoms with van der Waals surface area (Å²) in [6.45, 7) is -0.306. The van der Waals surface area contributed by atoms with Crippen LogP contribution in [0, 0.1) is 0 Å². The van der Waals surface area contributed by atoms with Crippen LogP contribution in [0.5, 0.6) is 0 Å². The molecule has 0 aliphatic heterocycles. The molecule has 12 heteroatoms. The maximum atomic E-state index is 12.8. The van der Waals surface area contributed by atoms with Gasteiger partial charge in [0.2, 0.25) is 0 Å². The maximum absolute atomic E-state index is 12.8. The highest BCUT2D eigenvalue weighted by molar-refractivity contribution is 5.84. The average Bonchev–Trinajstić information content (AvgIpc) is 3.14. The van der Waals surface area contributed by atoms with Crippen LogP contribution in [0.25, 0.3) is 5.82 Å². The van der Waals surface area contributed by atoms with Gasteiger partial charge in [-0.15, -0.1) is 5.10 Å². The molecule has 0 aromatic carbocycles. The highest BCUT2D eigenvalue weighted by atomic mass is 19.4. The summed E-state index contributed by atoms with van der Waals surface area (Å²) in [6, 6.07) is 6.14. The zero-order valence-corrected chi connectivity index (χ0v) is 12.9. The van der Waals surface area contributed by atoms with Gasteiger partial charge in [0.15, 0.2) is 5.82 Å². The summed E-state index contributed by atoms with van der Waals surface area (Å²) in [4.78, 5) is 20.1. The molecule has 0 aliphatic rings. The number of anilines is 1. The topological polar surface area (TPSA) is 110 Å². The first kappa shape index (κ1) is 17.3. The van der Waals surface area contributed by atoms with Crippen LogP contribution in [0.3, 0.4) is 0 Å². The van der Waals surface area contributed by atoms with E-state index in [2.05, 4.69) is 25.5 Å². The lowest BCUT2D eigenvalue weighted by Crippen LogP contribution is -2.30. The Labute approximate surface area is 143 Å².